The van der Waals surface area contributed by atoms with Crippen molar-refractivity contribution in [3.8, 4) is 0 Å². The van der Waals surface area contributed by atoms with Gasteiger partial charge in [-0.2, -0.15) is 0 Å². The highest BCUT2D eigenvalue weighted by atomic mass is 16.2. The van der Waals surface area contributed by atoms with Gasteiger partial charge >= 0.3 is 0 Å². The maximum absolute atomic E-state index is 12.6. The topological polar surface area (TPSA) is 78.5 Å². The fraction of sp³-hybridized carbons (Fsp3) is 0.500. The number of hydrogen-bond donors (Lipinski definition) is 2. The number of nitrogens with zero attached hydrogens (tertiary/aromatic N) is 1. The summed E-state index contributed by atoms with van der Waals surface area (Å²) in [5.74, 6) is 0.363. The van der Waals surface area contributed by atoms with Crippen molar-refractivity contribution in [3.05, 3.63) is 35.4 Å². The van der Waals surface area contributed by atoms with Crippen molar-refractivity contribution in [2.24, 2.45) is 5.92 Å². The molecule has 2 heterocycles. The van der Waals surface area contributed by atoms with Crippen LogP contribution in [0, 0.1) is 5.92 Å². The Morgan fingerprint density at radius 1 is 1.21 bits per heavy atom. The lowest BCUT2D eigenvalue weighted by molar-refractivity contribution is -0.128. The van der Waals surface area contributed by atoms with Crippen LogP contribution in [-0.2, 0) is 14.4 Å². The zero-order chi connectivity index (χ0) is 16.8. The normalized spacial score (nSPS) is 30.7. The highest BCUT2D eigenvalue weighted by molar-refractivity contribution is 5.91. The number of carbonyl (C=O) groups is 3. The maximum Gasteiger partial charge on any atom is 0.243 e. The Morgan fingerprint density at radius 3 is 2.62 bits per heavy atom. The number of rotatable bonds is 2. The lowest BCUT2D eigenvalue weighted by atomic mass is 9.94. The monoisotopic (exact) mass is 327 g/mol. The van der Waals surface area contributed by atoms with Gasteiger partial charge in [0.2, 0.25) is 17.7 Å². The molecule has 1 aromatic rings. The van der Waals surface area contributed by atoms with E-state index in [2.05, 4.69) is 22.8 Å². The minimum absolute atomic E-state index is 0.0662. The van der Waals surface area contributed by atoms with Gasteiger partial charge in [0, 0.05) is 38.3 Å². The van der Waals surface area contributed by atoms with Gasteiger partial charge in [-0.1, -0.05) is 24.3 Å². The van der Waals surface area contributed by atoms with Gasteiger partial charge in [-0.05, 0) is 17.5 Å². The Hall–Kier alpha value is -2.37. The van der Waals surface area contributed by atoms with Gasteiger partial charge in [-0.25, -0.2) is 0 Å². The van der Waals surface area contributed by atoms with Crippen LogP contribution in [0.5, 0.6) is 0 Å². The number of carbonyl (C=O) groups excluding carboxylic acids is 3. The first-order valence-corrected chi connectivity index (χ1v) is 8.48. The molecule has 1 aromatic carbocycles. The molecular formula is C18H21N3O3. The Bertz CT molecular complexity index is 717. The molecule has 6 nitrogen and oxygen atoms in total. The molecule has 2 aliphatic heterocycles. The van der Waals surface area contributed by atoms with Crippen molar-refractivity contribution in [1.29, 1.82) is 0 Å². The maximum atomic E-state index is 12.6. The van der Waals surface area contributed by atoms with E-state index in [0.29, 0.717) is 25.9 Å². The number of nitrogens with one attached hydrogen (secondary N) is 2. The van der Waals surface area contributed by atoms with E-state index in [1.807, 2.05) is 17.0 Å². The molecule has 3 amide bonds. The van der Waals surface area contributed by atoms with Crippen molar-refractivity contribution in [2.75, 3.05) is 13.1 Å². The zero-order valence-corrected chi connectivity index (χ0v) is 13.6. The van der Waals surface area contributed by atoms with E-state index in [9.17, 15) is 14.4 Å². The molecule has 0 aromatic heterocycles. The van der Waals surface area contributed by atoms with Crippen molar-refractivity contribution in [1.82, 2.24) is 15.5 Å². The van der Waals surface area contributed by atoms with Crippen LogP contribution < -0.4 is 10.6 Å². The SMILES string of the molecule is CC(=O)N1C[C@@H]2[C@H](NC(=O)[C@H]3CCC(=O)N3)c3ccccc3[C@@H]2C1. The molecule has 126 valence electrons. The quantitative estimate of drug-likeness (QED) is 0.839. The Balaban J connectivity index is 1.58. The number of likely N-dealkylation sites (tertiary alicyclic amines) is 1. The van der Waals surface area contributed by atoms with Crippen LogP contribution in [0.3, 0.4) is 0 Å². The molecule has 2 N–H and O–H groups in total. The minimum atomic E-state index is -0.436. The second-order valence-electron chi connectivity index (χ2n) is 6.97. The van der Waals surface area contributed by atoms with Gasteiger partial charge in [-0.15, -0.1) is 0 Å². The molecule has 24 heavy (non-hydrogen) atoms. The predicted molar refractivity (Wildman–Crippen MR) is 87.0 cm³/mol. The molecule has 2 saturated heterocycles. The van der Waals surface area contributed by atoms with Crippen LogP contribution in [0.15, 0.2) is 24.3 Å². The molecule has 4 rings (SSSR count). The van der Waals surface area contributed by atoms with Gasteiger partial charge in [0.25, 0.3) is 0 Å². The number of hydrogen-bond acceptors (Lipinski definition) is 3. The summed E-state index contributed by atoms with van der Waals surface area (Å²) in [5.41, 5.74) is 2.38. The standard InChI is InChI=1S/C18H21N3O3/c1-10(22)21-8-13-11-4-2-3-5-12(11)17(14(13)9-21)20-18(24)15-6-7-16(23)19-15/h2-5,13-15,17H,6-9H2,1H3,(H,19,23)(H,20,24)/t13-,14-,15+,17+/m0/s1. The van der Waals surface area contributed by atoms with E-state index in [0.717, 1.165) is 5.56 Å². The molecule has 4 atom stereocenters. The minimum Gasteiger partial charge on any atom is -0.347 e. The predicted octanol–water partition coefficient (Wildman–Crippen LogP) is 0.698. The first-order chi connectivity index (χ1) is 11.5. The summed E-state index contributed by atoms with van der Waals surface area (Å²) in [6, 6.07) is 7.62. The number of fused-ring (bicyclic) bond motifs is 3. The Morgan fingerprint density at radius 2 is 1.96 bits per heavy atom. The summed E-state index contributed by atoms with van der Waals surface area (Å²) in [5, 5.41) is 5.86. The highest BCUT2D eigenvalue weighted by Gasteiger charge is 2.47. The van der Waals surface area contributed by atoms with E-state index in [1.54, 1.807) is 6.92 Å². The molecule has 1 aliphatic carbocycles. The van der Waals surface area contributed by atoms with Gasteiger partial charge in [0.15, 0.2) is 0 Å². The summed E-state index contributed by atoms with van der Waals surface area (Å²) >= 11 is 0. The van der Waals surface area contributed by atoms with Crippen LogP contribution in [-0.4, -0.2) is 41.8 Å². The van der Waals surface area contributed by atoms with Crippen molar-refractivity contribution < 1.29 is 14.4 Å². The van der Waals surface area contributed by atoms with E-state index in [-0.39, 0.29) is 35.6 Å². The Labute approximate surface area is 140 Å². The Kier molecular flexibility index (Phi) is 3.55. The van der Waals surface area contributed by atoms with Gasteiger partial charge < -0.3 is 15.5 Å². The molecule has 2 fully saturated rings. The molecular weight excluding hydrogens is 306 g/mol. The lowest BCUT2D eigenvalue weighted by Gasteiger charge is -2.24. The first-order valence-electron chi connectivity index (χ1n) is 8.48. The van der Waals surface area contributed by atoms with Crippen LogP contribution in [0.4, 0.5) is 0 Å². The van der Waals surface area contributed by atoms with Gasteiger partial charge in [0.1, 0.15) is 6.04 Å². The van der Waals surface area contributed by atoms with E-state index >= 15 is 0 Å². The van der Waals surface area contributed by atoms with Gasteiger partial charge in [-0.3, -0.25) is 14.4 Å². The molecule has 3 aliphatic rings. The molecule has 0 bridgehead atoms. The summed E-state index contributed by atoms with van der Waals surface area (Å²) in [6.07, 6.45) is 0.955. The fourth-order valence-electron chi connectivity index (χ4n) is 4.36. The molecule has 0 spiro atoms. The van der Waals surface area contributed by atoms with E-state index < -0.39 is 6.04 Å². The summed E-state index contributed by atoms with van der Waals surface area (Å²) < 4.78 is 0. The molecule has 0 unspecified atom stereocenters. The zero-order valence-electron chi connectivity index (χ0n) is 13.6. The molecule has 6 heteroatoms. The smallest absolute Gasteiger partial charge is 0.243 e. The van der Waals surface area contributed by atoms with Crippen LogP contribution in [0.1, 0.15) is 42.9 Å². The summed E-state index contributed by atoms with van der Waals surface area (Å²) in [7, 11) is 0. The summed E-state index contributed by atoms with van der Waals surface area (Å²) in [4.78, 5) is 37.5. The molecule has 0 saturated carbocycles. The van der Waals surface area contributed by atoms with Crippen molar-refractivity contribution in [3.63, 3.8) is 0 Å². The lowest BCUT2D eigenvalue weighted by Crippen LogP contribution is -2.44. The van der Waals surface area contributed by atoms with Crippen LogP contribution >= 0.6 is 0 Å². The van der Waals surface area contributed by atoms with E-state index in [1.165, 1.54) is 5.56 Å². The van der Waals surface area contributed by atoms with Crippen molar-refractivity contribution in [2.45, 2.75) is 37.8 Å². The van der Waals surface area contributed by atoms with Crippen LogP contribution in [0.2, 0.25) is 0 Å². The number of amides is 3. The van der Waals surface area contributed by atoms with Gasteiger partial charge in [0.05, 0.1) is 6.04 Å². The third kappa shape index (κ3) is 2.37. The largest absolute Gasteiger partial charge is 0.347 e. The summed E-state index contributed by atoms with van der Waals surface area (Å²) in [6.45, 7) is 2.97. The molecule has 0 radical (unpaired) electrons. The third-order valence-electron chi connectivity index (χ3n) is 5.58. The second-order valence-corrected chi connectivity index (χ2v) is 6.97. The van der Waals surface area contributed by atoms with Crippen LogP contribution in [0.25, 0.3) is 0 Å². The number of benzene rings is 1. The van der Waals surface area contributed by atoms with Crippen molar-refractivity contribution >= 4 is 17.7 Å². The first kappa shape index (κ1) is 15.2. The highest BCUT2D eigenvalue weighted by Crippen LogP contribution is 2.49. The van der Waals surface area contributed by atoms with E-state index in [4.69, 9.17) is 0 Å². The third-order valence-corrected chi connectivity index (χ3v) is 5.58. The fourth-order valence-corrected chi connectivity index (χ4v) is 4.36. The second kappa shape index (κ2) is 5.61. The average Bonchev–Trinajstić information content (AvgIpc) is 3.24. The average molecular weight is 327 g/mol.